The number of hydrogen-bond donors (Lipinski definition) is 1. The number of nitro benzene ring substituents is 1. The number of nitro groups is 1. The standard InChI is InChI=1S/C20H15Cl2FN2O3/c21-17-9-13(11-24-15-5-7-16(8-6-15)25(26)27)10-18(22)20(17)28-12-14-3-1-2-4-19(14)23/h1-10,24H,11-12H2. The van der Waals surface area contributed by atoms with Crippen molar-refractivity contribution in [3.63, 3.8) is 0 Å². The molecule has 3 aromatic carbocycles. The van der Waals surface area contributed by atoms with E-state index in [1.165, 1.54) is 18.2 Å². The first-order valence-electron chi connectivity index (χ1n) is 8.26. The second-order valence-electron chi connectivity index (χ2n) is 5.93. The van der Waals surface area contributed by atoms with Gasteiger partial charge in [-0.05, 0) is 35.9 Å². The van der Waals surface area contributed by atoms with E-state index in [9.17, 15) is 14.5 Å². The number of non-ortho nitro benzene ring substituents is 1. The average Bonchev–Trinajstić information content (AvgIpc) is 2.67. The van der Waals surface area contributed by atoms with E-state index in [0.717, 1.165) is 11.3 Å². The molecule has 5 nitrogen and oxygen atoms in total. The van der Waals surface area contributed by atoms with E-state index in [2.05, 4.69) is 5.32 Å². The molecule has 0 aliphatic heterocycles. The lowest BCUT2D eigenvalue weighted by Gasteiger charge is -2.13. The molecule has 0 radical (unpaired) electrons. The Balaban J connectivity index is 1.66. The fraction of sp³-hybridized carbons (Fsp3) is 0.100. The summed E-state index contributed by atoms with van der Waals surface area (Å²) in [6, 6.07) is 15.8. The maximum absolute atomic E-state index is 13.7. The Hall–Kier alpha value is -2.83. The molecule has 0 amide bonds. The molecule has 0 saturated carbocycles. The van der Waals surface area contributed by atoms with Crippen LogP contribution in [0.5, 0.6) is 5.75 Å². The third kappa shape index (κ3) is 4.91. The highest BCUT2D eigenvalue weighted by atomic mass is 35.5. The van der Waals surface area contributed by atoms with Gasteiger partial charge in [-0.15, -0.1) is 0 Å². The fourth-order valence-corrected chi connectivity index (χ4v) is 3.16. The molecule has 0 unspecified atom stereocenters. The molecule has 28 heavy (non-hydrogen) atoms. The molecule has 0 heterocycles. The summed E-state index contributed by atoms with van der Waals surface area (Å²) < 4.78 is 19.3. The molecule has 0 aliphatic rings. The Bertz CT molecular complexity index is 974. The third-order valence-electron chi connectivity index (χ3n) is 3.96. The fourth-order valence-electron chi connectivity index (χ4n) is 2.52. The first-order chi connectivity index (χ1) is 13.4. The van der Waals surface area contributed by atoms with E-state index < -0.39 is 4.92 Å². The SMILES string of the molecule is O=[N+]([O-])c1ccc(NCc2cc(Cl)c(OCc3ccccc3F)c(Cl)c2)cc1. The van der Waals surface area contributed by atoms with Gasteiger partial charge in [0, 0.05) is 29.9 Å². The van der Waals surface area contributed by atoms with Crippen LogP contribution in [0.15, 0.2) is 60.7 Å². The predicted octanol–water partition coefficient (Wildman–Crippen LogP) is 6.23. The highest BCUT2D eigenvalue weighted by molar-refractivity contribution is 6.37. The van der Waals surface area contributed by atoms with Crippen LogP contribution in [0.25, 0.3) is 0 Å². The van der Waals surface area contributed by atoms with Gasteiger partial charge in [0.2, 0.25) is 0 Å². The maximum Gasteiger partial charge on any atom is 0.269 e. The molecule has 0 bridgehead atoms. The summed E-state index contributed by atoms with van der Waals surface area (Å²) in [6.07, 6.45) is 0. The minimum absolute atomic E-state index is 0.00645. The van der Waals surface area contributed by atoms with Crippen molar-refractivity contribution in [1.29, 1.82) is 0 Å². The van der Waals surface area contributed by atoms with Crippen LogP contribution in [-0.2, 0) is 13.2 Å². The Labute approximate surface area is 170 Å². The Morgan fingerprint density at radius 3 is 2.29 bits per heavy atom. The van der Waals surface area contributed by atoms with Gasteiger partial charge in [0.05, 0.1) is 15.0 Å². The van der Waals surface area contributed by atoms with Crippen LogP contribution < -0.4 is 10.1 Å². The van der Waals surface area contributed by atoms with Gasteiger partial charge in [-0.2, -0.15) is 0 Å². The molecule has 8 heteroatoms. The number of nitrogens with zero attached hydrogens (tertiary/aromatic N) is 1. The van der Waals surface area contributed by atoms with Crippen LogP contribution in [0.4, 0.5) is 15.8 Å². The topological polar surface area (TPSA) is 64.4 Å². The smallest absolute Gasteiger partial charge is 0.269 e. The Morgan fingerprint density at radius 2 is 1.68 bits per heavy atom. The third-order valence-corrected chi connectivity index (χ3v) is 4.52. The monoisotopic (exact) mass is 420 g/mol. The van der Waals surface area contributed by atoms with E-state index >= 15 is 0 Å². The van der Waals surface area contributed by atoms with Gasteiger partial charge in [-0.3, -0.25) is 10.1 Å². The van der Waals surface area contributed by atoms with Gasteiger partial charge in [0.15, 0.2) is 5.75 Å². The van der Waals surface area contributed by atoms with Gasteiger partial charge < -0.3 is 10.1 Å². The zero-order valence-corrected chi connectivity index (χ0v) is 16.0. The second kappa shape index (κ2) is 8.91. The number of anilines is 1. The quantitative estimate of drug-likeness (QED) is 0.363. The van der Waals surface area contributed by atoms with Crippen LogP contribution in [0.3, 0.4) is 0 Å². The lowest BCUT2D eigenvalue weighted by Crippen LogP contribution is -2.02. The molecule has 3 rings (SSSR count). The van der Waals surface area contributed by atoms with Gasteiger partial charge in [-0.1, -0.05) is 41.4 Å². The summed E-state index contributed by atoms with van der Waals surface area (Å²) >= 11 is 12.5. The van der Waals surface area contributed by atoms with Gasteiger partial charge in [0.1, 0.15) is 12.4 Å². The molecule has 0 fully saturated rings. The maximum atomic E-state index is 13.7. The van der Waals surface area contributed by atoms with Crippen molar-refractivity contribution in [2.45, 2.75) is 13.2 Å². The largest absolute Gasteiger partial charge is 0.486 e. The second-order valence-corrected chi connectivity index (χ2v) is 6.74. The first kappa shape index (κ1) is 19.9. The molecule has 144 valence electrons. The molecular weight excluding hydrogens is 406 g/mol. The number of hydrogen-bond acceptors (Lipinski definition) is 4. The summed E-state index contributed by atoms with van der Waals surface area (Å²) in [6.45, 7) is 0.414. The number of rotatable bonds is 7. The van der Waals surface area contributed by atoms with Crippen molar-refractivity contribution in [3.8, 4) is 5.75 Å². The molecule has 0 aliphatic carbocycles. The first-order valence-corrected chi connectivity index (χ1v) is 9.02. The van der Waals surface area contributed by atoms with Crippen molar-refractivity contribution < 1.29 is 14.1 Å². The minimum Gasteiger partial charge on any atom is -0.486 e. The summed E-state index contributed by atoms with van der Waals surface area (Å²) in [5.41, 5.74) is 1.94. The van der Waals surface area contributed by atoms with E-state index in [4.69, 9.17) is 27.9 Å². The van der Waals surface area contributed by atoms with Crippen molar-refractivity contribution in [1.82, 2.24) is 0 Å². The van der Waals surface area contributed by atoms with Crippen molar-refractivity contribution in [3.05, 3.63) is 97.8 Å². The van der Waals surface area contributed by atoms with Gasteiger partial charge in [-0.25, -0.2) is 4.39 Å². The molecule has 0 atom stereocenters. The Morgan fingerprint density at radius 1 is 1.04 bits per heavy atom. The zero-order valence-electron chi connectivity index (χ0n) is 14.5. The zero-order chi connectivity index (χ0) is 20.1. The Kier molecular flexibility index (Phi) is 6.34. The molecule has 0 saturated heterocycles. The molecule has 0 aromatic heterocycles. The normalized spacial score (nSPS) is 10.5. The summed E-state index contributed by atoms with van der Waals surface area (Å²) in [5, 5.41) is 14.4. The molecule has 1 N–H and O–H groups in total. The van der Waals surface area contributed by atoms with Crippen LogP contribution in [0, 0.1) is 15.9 Å². The lowest BCUT2D eigenvalue weighted by atomic mass is 10.2. The van der Waals surface area contributed by atoms with Crippen LogP contribution in [-0.4, -0.2) is 4.92 Å². The number of benzene rings is 3. The van der Waals surface area contributed by atoms with E-state index in [1.54, 1.807) is 42.5 Å². The van der Waals surface area contributed by atoms with Crippen molar-refractivity contribution >= 4 is 34.6 Å². The van der Waals surface area contributed by atoms with E-state index in [1.807, 2.05) is 0 Å². The molecule has 0 spiro atoms. The summed E-state index contributed by atoms with van der Waals surface area (Å²) in [4.78, 5) is 10.2. The van der Waals surface area contributed by atoms with Gasteiger partial charge in [0.25, 0.3) is 5.69 Å². The number of halogens is 3. The van der Waals surface area contributed by atoms with E-state index in [-0.39, 0.29) is 23.9 Å². The number of ether oxygens (including phenoxy) is 1. The molecule has 3 aromatic rings. The van der Waals surface area contributed by atoms with Crippen LogP contribution in [0.1, 0.15) is 11.1 Å². The summed E-state index contributed by atoms with van der Waals surface area (Å²) in [7, 11) is 0. The van der Waals surface area contributed by atoms with Gasteiger partial charge >= 0.3 is 0 Å². The van der Waals surface area contributed by atoms with E-state index in [0.29, 0.717) is 22.2 Å². The minimum atomic E-state index is -0.455. The highest BCUT2D eigenvalue weighted by Gasteiger charge is 2.12. The summed E-state index contributed by atoms with van der Waals surface area (Å²) in [5.74, 6) is -0.0793. The van der Waals surface area contributed by atoms with Crippen LogP contribution >= 0.6 is 23.2 Å². The highest BCUT2D eigenvalue weighted by Crippen LogP contribution is 2.35. The number of nitrogens with one attached hydrogen (secondary N) is 1. The van der Waals surface area contributed by atoms with Crippen molar-refractivity contribution in [2.24, 2.45) is 0 Å². The molecular formula is C20H15Cl2FN2O3. The average molecular weight is 421 g/mol. The van der Waals surface area contributed by atoms with Crippen LogP contribution in [0.2, 0.25) is 10.0 Å². The predicted molar refractivity (Wildman–Crippen MR) is 108 cm³/mol. The van der Waals surface area contributed by atoms with Crippen molar-refractivity contribution in [2.75, 3.05) is 5.32 Å². The lowest BCUT2D eigenvalue weighted by molar-refractivity contribution is -0.384.